The van der Waals surface area contributed by atoms with Crippen LogP contribution >= 0.6 is 15.9 Å². The lowest BCUT2D eigenvalue weighted by Gasteiger charge is -2.11. The number of nitrogens with zero attached hydrogens (tertiary/aromatic N) is 1. The van der Waals surface area contributed by atoms with E-state index < -0.39 is 22.8 Å². The van der Waals surface area contributed by atoms with E-state index in [0.717, 1.165) is 0 Å². The first-order valence-corrected chi connectivity index (χ1v) is 5.67. The highest BCUT2D eigenvalue weighted by molar-refractivity contribution is 9.10. The number of carbonyl (C=O) groups is 2. The average molecular weight is 316 g/mol. The van der Waals surface area contributed by atoms with E-state index in [2.05, 4.69) is 21.2 Å². The molecule has 0 aliphatic carbocycles. The second kappa shape index (κ2) is 5.58. The summed E-state index contributed by atoms with van der Waals surface area (Å²) in [7, 11) is 0. The van der Waals surface area contributed by atoms with Gasteiger partial charge >= 0.3 is 0 Å². The summed E-state index contributed by atoms with van der Waals surface area (Å²) in [6.45, 7) is 1.42. The molecule has 8 heteroatoms. The predicted molar refractivity (Wildman–Crippen MR) is 66.9 cm³/mol. The van der Waals surface area contributed by atoms with Crippen LogP contribution in [0.1, 0.15) is 17.3 Å². The van der Waals surface area contributed by atoms with Crippen LogP contribution in [0.25, 0.3) is 0 Å². The van der Waals surface area contributed by atoms with Crippen molar-refractivity contribution in [3.05, 3.63) is 38.3 Å². The van der Waals surface area contributed by atoms with Crippen LogP contribution in [-0.2, 0) is 4.79 Å². The third-order valence-electron chi connectivity index (χ3n) is 2.19. The van der Waals surface area contributed by atoms with Crippen molar-refractivity contribution in [1.29, 1.82) is 0 Å². The number of rotatable bonds is 4. The summed E-state index contributed by atoms with van der Waals surface area (Å²) in [6, 6.07) is 3.19. The Balaban J connectivity index is 3.04. The van der Waals surface area contributed by atoms with Crippen molar-refractivity contribution in [3.63, 3.8) is 0 Å². The van der Waals surface area contributed by atoms with E-state index in [1.54, 1.807) is 0 Å². The molecule has 18 heavy (non-hydrogen) atoms. The van der Waals surface area contributed by atoms with Gasteiger partial charge in [-0.15, -0.1) is 0 Å². The summed E-state index contributed by atoms with van der Waals surface area (Å²) in [6.07, 6.45) is 0. The zero-order chi connectivity index (χ0) is 13.9. The van der Waals surface area contributed by atoms with E-state index in [0.29, 0.717) is 0 Å². The molecule has 0 saturated carbocycles. The normalized spacial score (nSPS) is 11.7. The molecule has 0 aromatic heterocycles. The maximum absolute atomic E-state index is 11.8. The molecule has 0 aliphatic heterocycles. The second-order valence-electron chi connectivity index (χ2n) is 3.49. The maximum Gasteiger partial charge on any atom is 0.284 e. The largest absolute Gasteiger partial charge is 0.368 e. The molecule has 2 amide bonds. The van der Waals surface area contributed by atoms with Crippen LogP contribution in [0.3, 0.4) is 0 Å². The molecular weight excluding hydrogens is 306 g/mol. The summed E-state index contributed by atoms with van der Waals surface area (Å²) < 4.78 is 0.0594. The van der Waals surface area contributed by atoms with Crippen LogP contribution in [-0.4, -0.2) is 22.8 Å². The highest BCUT2D eigenvalue weighted by Gasteiger charge is 2.21. The smallest absolute Gasteiger partial charge is 0.284 e. The minimum absolute atomic E-state index is 0.0594. The molecule has 7 nitrogen and oxygen atoms in total. The number of halogens is 1. The highest BCUT2D eigenvalue weighted by Crippen LogP contribution is 2.28. The first-order valence-electron chi connectivity index (χ1n) is 4.87. The van der Waals surface area contributed by atoms with Crippen molar-refractivity contribution < 1.29 is 14.5 Å². The number of amides is 2. The van der Waals surface area contributed by atoms with Crippen molar-refractivity contribution in [2.45, 2.75) is 13.0 Å². The van der Waals surface area contributed by atoms with E-state index in [9.17, 15) is 19.7 Å². The van der Waals surface area contributed by atoms with Crippen molar-refractivity contribution in [2.24, 2.45) is 5.73 Å². The minimum atomic E-state index is -0.858. The van der Waals surface area contributed by atoms with Crippen molar-refractivity contribution in [1.82, 2.24) is 5.32 Å². The summed E-state index contributed by atoms with van der Waals surface area (Å²) in [5.74, 6) is -1.30. The van der Waals surface area contributed by atoms with Crippen LogP contribution in [0.2, 0.25) is 0 Å². The molecule has 1 aromatic carbocycles. The van der Waals surface area contributed by atoms with E-state index in [1.165, 1.54) is 25.1 Å². The summed E-state index contributed by atoms with van der Waals surface area (Å²) in [5, 5.41) is 13.0. The quantitative estimate of drug-likeness (QED) is 0.636. The van der Waals surface area contributed by atoms with Crippen LogP contribution in [0.15, 0.2) is 22.7 Å². The Hall–Kier alpha value is -1.96. The Morgan fingerprint density at radius 2 is 2.11 bits per heavy atom. The highest BCUT2D eigenvalue weighted by atomic mass is 79.9. The zero-order valence-electron chi connectivity index (χ0n) is 9.34. The summed E-state index contributed by atoms with van der Waals surface area (Å²) in [4.78, 5) is 32.7. The van der Waals surface area contributed by atoms with Gasteiger partial charge in [-0.1, -0.05) is 6.07 Å². The van der Waals surface area contributed by atoms with Crippen LogP contribution in [0, 0.1) is 10.1 Å². The van der Waals surface area contributed by atoms with Gasteiger partial charge in [0.15, 0.2) is 0 Å². The van der Waals surface area contributed by atoms with Crippen molar-refractivity contribution in [3.8, 4) is 0 Å². The van der Waals surface area contributed by atoms with Crippen LogP contribution in [0.5, 0.6) is 0 Å². The molecule has 0 saturated heterocycles. The number of hydrogen-bond acceptors (Lipinski definition) is 4. The number of nitrogens with one attached hydrogen (secondary N) is 1. The monoisotopic (exact) mass is 315 g/mol. The Morgan fingerprint density at radius 3 is 2.61 bits per heavy atom. The third kappa shape index (κ3) is 3.04. The molecule has 0 spiro atoms. The number of nitro benzene ring substituents is 1. The van der Waals surface area contributed by atoms with Gasteiger partial charge in [-0.05, 0) is 28.9 Å². The second-order valence-corrected chi connectivity index (χ2v) is 4.29. The number of benzene rings is 1. The molecule has 3 N–H and O–H groups in total. The van der Waals surface area contributed by atoms with Gasteiger partial charge in [0.25, 0.3) is 11.6 Å². The molecule has 0 fully saturated rings. The molecule has 0 bridgehead atoms. The lowest BCUT2D eigenvalue weighted by molar-refractivity contribution is -0.385. The fraction of sp³-hybridized carbons (Fsp3) is 0.200. The van der Waals surface area contributed by atoms with Gasteiger partial charge in [-0.3, -0.25) is 19.7 Å². The number of nitro groups is 1. The molecule has 1 atom stereocenters. The number of hydrogen-bond donors (Lipinski definition) is 2. The van der Waals surface area contributed by atoms with Crippen molar-refractivity contribution in [2.75, 3.05) is 0 Å². The Labute approximate surface area is 111 Å². The molecule has 1 aromatic rings. The first-order chi connectivity index (χ1) is 8.34. The molecule has 1 rings (SSSR count). The molecule has 0 radical (unpaired) electrons. The van der Waals surface area contributed by atoms with Gasteiger partial charge < -0.3 is 11.1 Å². The standard InChI is InChI=1S/C10H10BrN3O4/c1-5(9(12)15)13-10(16)6-3-2-4-7(8(6)11)14(17)18/h2-5H,1H3,(H2,12,15)(H,13,16). The Morgan fingerprint density at radius 1 is 1.50 bits per heavy atom. The van der Waals surface area contributed by atoms with Crippen molar-refractivity contribution >= 4 is 33.4 Å². The maximum atomic E-state index is 11.8. The number of primary amides is 1. The van der Waals surface area contributed by atoms with Crippen LogP contribution < -0.4 is 11.1 Å². The van der Waals surface area contributed by atoms with E-state index in [1.807, 2.05) is 0 Å². The van der Waals surface area contributed by atoms with E-state index in [-0.39, 0.29) is 15.7 Å². The van der Waals surface area contributed by atoms with Gasteiger partial charge in [-0.2, -0.15) is 0 Å². The molecule has 0 heterocycles. The van der Waals surface area contributed by atoms with E-state index in [4.69, 9.17) is 5.73 Å². The summed E-state index contributed by atoms with van der Waals surface area (Å²) >= 11 is 2.99. The van der Waals surface area contributed by atoms with Gasteiger partial charge in [0, 0.05) is 6.07 Å². The van der Waals surface area contributed by atoms with Gasteiger partial charge in [0.1, 0.15) is 10.5 Å². The predicted octanol–water partition coefficient (Wildman–Crippen LogP) is 0.961. The fourth-order valence-corrected chi connectivity index (χ4v) is 1.77. The molecule has 0 aliphatic rings. The topological polar surface area (TPSA) is 115 Å². The molecule has 1 unspecified atom stereocenters. The van der Waals surface area contributed by atoms with Gasteiger partial charge in [0.2, 0.25) is 5.91 Å². The van der Waals surface area contributed by atoms with Gasteiger partial charge in [-0.25, -0.2) is 0 Å². The first kappa shape index (κ1) is 14.1. The zero-order valence-corrected chi connectivity index (χ0v) is 10.9. The van der Waals surface area contributed by atoms with Gasteiger partial charge in [0.05, 0.1) is 10.5 Å². The average Bonchev–Trinajstić information content (AvgIpc) is 2.28. The molecule has 96 valence electrons. The SMILES string of the molecule is CC(NC(=O)c1cccc([N+](=O)[O-])c1Br)C(N)=O. The lowest BCUT2D eigenvalue weighted by atomic mass is 10.1. The van der Waals surface area contributed by atoms with Crippen LogP contribution in [0.4, 0.5) is 5.69 Å². The Bertz CT molecular complexity index is 518. The minimum Gasteiger partial charge on any atom is -0.368 e. The fourth-order valence-electron chi connectivity index (χ4n) is 1.18. The number of carbonyl (C=O) groups excluding carboxylic acids is 2. The Kier molecular flexibility index (Phi) is 4.38. The van der Waals surface area contributed by atoms with E-state index >= 15 is 0 Å². The lowest BCUT2D eigenvalue weighted by Crippen LogP contribution is -2.42. The molecular formula is C10H10BrN3O4. The summed E-state index contributed by atoms with van der Waals surface area (Å²) in [5.41, 5.74) is 4.84. The number of nitrogens with two attached hydrogens (primary N) is 1. The third-order valence-corrected chi connectivity index (χ3v) is 3.03.